The number of nitrogens with zero attached hydrogens (tertiary/aromatic N) is 1. The molecule has 5 heteroatoms. The largest absolute Gasteiger partial charge is 0.444 e. The second-order valence-corrected chi connectivity index (χ2v) is 3.86. The second kappa shape index (κ2) is 4.37. The SMILES string of the molecule is Cc1oc(NC(=O)[C@@H](C)Cl)c(C#N)c1C. The summed E-state index contributed by atoms with van der Waals surface area (Å²) < 4.78 is 5.24. The van der Waals surface area contributed by atoms with E-state index in [2.05, 4.69) is 5.32 Å². The quantitative estimate of drug-likeness (QED) is 0.787. The van der Waals surface area contributed by atoms with Gasteiger partial charge in [0, 0.05) is 5.56 Å². The highest BCUT2D eigenvalue weighted by molar-refractivity contribution is 6.32. The van der Waals surface area contributed by atoms with E-state index in [9.17, 15) is 4.79 Å². The van der Waals surface area contributed by atoms with Gasteiger partial charge in [-0.15, -0.1) is 11.6 Å². The van der Waals surface area contributed by atoms with Crippen molar-refractivity contribution in [1.29, 1.82) is 5.26 Å². The molecule has 0 fully saturated rings. The Balaban J connectivity index is 3.02. The zero-order chi connectivity index (χ0) is 11.6. The lowest BCUT2D eigenvalue weighted by Crippen LogP contribution is -2.20. The number of furan rings is 1. The summed E-state index contributed by atoms with van der Waals surface area (Å²) in [6.07, 6.45) is 0. The Bertz CT molecular complexity index is 429. The predicted octanol–water partition coefficient (Wildman–Crippen LogP) is 2.33. The van der Waals surface area contributed by atoms with Gasteiger partial charge < -0.3 is 4.42 Å². The molecule has 1 aromatic rings. The zero-order valence-electron chi connectivity index (χ0n) is 8.72. The number of carbonyl (C=O) groups is 1. The van der Waals surface area contributed by atoms with Crippen molar-refractivity contribution in [3.63, 3.8) is 0 Å². The Hall–Kier alpha value is -1.47. The van der Waals surface area contributed by atoms with Crippen LogP contribution in [0.1, 0.15) is 23.8 Å². The van der Waals surface area contributed by atoms with Crippen LogP contribution in [0.15, 0.2) is 4.42 Å². The summed E-state index contributed by atoms with van der Waals surface area (Å²) in [6, 6.07) is 1.98. The summed E-state index contributed by atoms with van der Waals surface area (Å²) in [6.45, 7) is 5.04. The number of hydrogen-bond donors (Lipinski definition) is 1. The molecule has 0 bridgehead atoms. The lowest BCUT2D eigenvalue weighted by molar-refractivity contribution is -0.115. The number of alkyl halides is 1. The van der Waals surface area contributed by atoms with E-state index >= 15 is 0 Å². The average Bonchev–Trinajstić information content (AvgIpc) is 2.42. The van der Waals surface area contributed by atoms with Crippen LogP contribution in [-0.4, -0.2) is 11.3 Å². The number of nitrogens with one attached hydrogen (secondary N) is 1. The van der Waals surface area contributed by atoms with E-state index in [0.717, 1.165) is 5.56 Å². The molecule has 0 unspecified atom stereocenters. The van der Waals surface area contributed by atoms with Crippen LogP contribution < -0.4 is 5.32 Å². The molecular weight excluding hydrogens is 216 g/mol. The van der Waals surface area contributed by atoms with Gasteiger partial charge in [-0.05, 0) is 20.8 Å². The third kappa shape index (κ3) is 2.31. The van der Waals surface area contributed by atoms with Crippen molar-refractivity contribution in [3.05, 3.63) is 16.9 Å². The number of carbonyl (C=O) groups excluding carboxylic acids is 1. The summed E-state index contributed by atoms with van der Waals surface area (Å²) in [7, 11) is 0. The number of halogens is 1. The predicted molar refractivity (Wildman–Crippen MR) is 56.8 cm³/mol. The molecule has 1 N–H and O–H groups in total. The molecule has 0 saturated heterocycles. The normalized spacial score (nSPS) is 11.9. The fourth-order valence-corrected chi connectivity index (χ4v) is 1.12. The summed E-state index contributed by atoms with van der Waals surface area (Å²) >= 11 is 5.58. The van der Waals surface area contributed by atoms with Crippen LogP contribution in [-0.2, 0) is 4.79 Å². The number of hydrogen-bond acceptors (Lipinski definition) is 3. The molecule has 0 aliphatic carbocycles. The summed E-state index contributed by atoms with van der Waals surface area (Å²) in [5, 5.41) is 10.7. The van der Waals surface area contributed by atoms with Crippen molar-refractivity contribution in [1.82, 2.24) is 0 Å². The number of aryl methyl sites for hydroxylation is 1. The molecule has 0 saturated carbocycles. The molecule has 0 aliphatic rings. The van der Waals surface area contributed by atoms with E-state index in [1.807, 2.05) is 6.07 Å². The topological polar surface area (TPSA) is 66.0 Å². The van der Waals surface area contributed by atoms with E-state index in [-0.39, 0.29) is 11.8 Å². The molecule has 1 heterocycles. The van der Waals surface area contributed by atoms with Crippen molar-refractivity contribution in [2.45, 2.75) is 26.1 Å². The summed E-state index contributed by atoms with van der Waals surface area (Å²) in [5.41, 5.74) is 1.08. The van der Waals surface area contributed by atoms with E-state index in [1.165, 1.54) is 0 Å². The van der Waals surface area contributed by atoms with E-state index in [0.29, 0.717) is 11.3 Å². The van der Waals surface area contributed by atoms with Gasteiger partial charge in [-0.25, -0.2) is 0 Å². The molecule has 1 atom stereocenters. The Morgan fingerprint density at radius 2 is 2.20 bits per heavy atom. The first-order valence-corrected chi connectivity index (χ1v) is 4.86. The molecule has 1 aromatic heterocycles. The highest BCUT2D eigenvalue weighted by Crippen LogP contribution is 2.25. The number of amides is 1. The van der Waals surface area contributed by atoms with Gasteiger partial charge in [0.2, 0.25) is 11.8 Å². The highest BCUT2D eigenvalue weighted by Gasteiger charge is 2.18. The summed E-state index contributed by atoms with van der Waals surface area (Å²) in [5.74, 6) is 0.399. The third-order valence-corrected chi connectivity index (χ3v) is 2.29. The molecular formula is C10H11ClN2O2. The van der Waals surface area contributed by atoms with Gasteiger partial charge in [0.1, 0.15) is 22.8 Å². The molecule has 4 nitrogen and oxygen atoms in total. The van der Waals surface area contributed by atoms with Gasteiger partial charge in [-0.3, -0.25) is 10.1 Å². The molecule has 15 heavy (non-hydrogen) atoms. The standard InChI is InChI=1S/C10H11ClN2O2/c1-5-7(3)15-10(8(5)4-12)13-9(14)6(2)11/h6H,1-3H3,(H,13,14)/t6-/m1/s1. The van der Waals surface area contributed by atoms with Gasteiger partial charge in [-0.1, -0.05) is 0 Å². The minimum absolute atomic E-state index is 0.171. The first kappa shape index (κ1) is 11.6. The van der Waals surface area contributed by atoms with E-state index in [1.54, 1.807) is 20.8 Å². The average molecular weight is 227 g/mol. The van der Waals surface area contributed by atoms with Crippen LogP contribution in [0.2, 0.25) is 0 Å². The van der Waals surface area contributed by atoms with Crippen molar-refractivity contribution < 1.29 is 9.21 Å². The Morgan fingerprint density at radius 3 is 2.67 bits per heavy atom. The molecule has 0 aromatic carbocycles. The molecule has 1 rings (SSSR count). The number of rotatable bonds is 2. The van der Waals surface area contributed by atoms with Crippen LogP contribution in [0.5, 0.6) is 0 Å². The van der Waals surface area contributed by atoms with E-state index in [4.69, 9.17) is 21.3 Å². The van der Waals surface area contributed by atoms with Crippen LogP contribution >= 0.6 is 11.6 Å². The molecule has 0 spiro atoms. The van der Waals surface area contributed by atoms with Gasteiger partial charge in [0.25, 0.3) is 0 Å². The lowest BCUT2D eigenvalue weighted by Gasteiger charge is -2.02. The van der Waals surface area contributed by atoms with Crippen molar-refractivity contribution in [2.75, 3.05) is 5.32 Å². The minimum Gasteiger partial charge on any atom is -0.444 e. The van der Waals surface area contributed by atoms with Gasteiger partial charge in [0.05, 0.1) is 0 Å². The maximum absolute atomic E-state index is 11.3. The number of anilines is 1. The van der Waals surface area contributed by atoms with Gasteiger partial charge >= 0.3 is 0 Å². The van der Waals surface area contributed by atoms with Crippen LogP contribution in [0.4, 0.5) is 5.88 Å². The van der Waals surface area contributed by atoms with Gasteiger partial charge in [0.15, 0.2) is 0 Å². The van der Waals surface area contributed by atoms with Crippen LogP contribution in [0, 0.1) is 25.2 Å². The first-order chi connectivity index (χ1) is 6.97. The Morgan fingerprint density at radius 1 is 1.60 bits per heavy atom. The maximum Gasteiger partial charge on any atom is 0.244 e. The van der Waals surface area contributed by atoms with Crippen molar-refractivity contribution in [2.24, 2.45) is 0 Å². The van der Waals surface area contributed by atoms with Crippen LogP contribution in [0.25, 0.3) is 0 Å². The molecule has 0 radical (unpaired) electrons. The molecule has 0 aliphatic heterocycles. The fraction of sp³-hybridized carbons (Fsp3) is 0.400. The van der Waals surface area contributed by atoms with Gasteiger partial charge in [-0.2, -0.15) is 5.26 Å². The first-order valence-electron chi connectivity index (χ1n) is 4.42. The van der Waals surface area contributed by atoms with Crippen molar-refractivity contribution in [3.8, 4) is 6.07 Å². The smallest absolute Gasteiger partial charge is 0.244 e. The Kier molecular flexibility index (Phi) is 3.38. The highest BCUT2D eigenvalue weighted by atomic mass is 35.5. The lowest BCUT2D eigenvalue weighted by atomic mass is 10.2. The van der Waals surface area contributed by atoms with E-state index < -0.39 is 5.38 Å². The van der Waals surface area contributed by atoms with Crippen molar-refractivity contribution >= 4 is 23.4 Å². The monoisotopic (exact) mass is 226 g/mol. The second-order valence-electron chi connectivity index (χ2n) is 3.20. The maximum atomic E-state index is 11.3. The fourth-order valence-electron chi connectivity index (χ4n) is 1.06. The van der Waals surface area contributed by atoms with Crippen LogP contribution in [0.3, 0.4) is 0 Å². The summed E-state index contributed by atoms with van der Waals surface area (Å²) in [4.78, 5) is 11.3. The molecule has 80 valence electrons. The number of nitriles is 1. The zero-order valence-corrected chi connectivity index (χ0v) is 9.47. The minimum atomic E-state index is -0.665. The molecule has 1 amide bonds. The Labute approximate surface area is 92.8 Å². The third-order valence-electron chi connectivity index (χ3n) is 2.10.